The van der Waals surface area contributed by atoms with Crippen molar-refractivity contribution in [2.75, 3.05) is 19.7 Å². The summed E-state index contributed by atoms with van der Waals surface area (Å²) in [7, 11) is 0. The molecule has 0 aliphatic carbocycles. The van der Waals surface area contributed by atoms with Crippen LogP contribution in [-0.2, 0) is 4.74 Å². The van der Waals surface area contributed by atoms with Crippen LogP contribution in [0.4, 0.5) is 4.79 Å². The van der Waals surface area contributed by atoms with Gasteiger partial charge in [-0.15, -0.1) is 0 Å². The molecule has 0 aromatic rings. The monoisotopic (exact) mass is 184 g/mol. The zero-order valence-corrected chi connectivity index (χ0v) is 7.95. The Hall–Kier alpha value is -0.770. The zero-order chi connectivity index (χ0) is 9.26. The maximum absolute atomic E-state index is 11.4. The zero-order valence-electron chi connectivity index (χ0n) is 7.95. The van der Waals surface area contributed by atoms with E-state index in [1.807, 2.05) is 11.8 Å². The second-order valence-electron chi connectivity index (χ2n) is 3.81. The molecule has 2 saturated heterocycles. The van der Waals surface area contributed by atoms with Gasteiger partial charge in [-0.3, -0.25) is 4.90 Å². The Morgan fingerprint density at radius 1 is 1.46 bits per heavy atom. The molecule has 0 radical (unpaired) electrons. The first-order valence-electron chi connectivity index (χ1n) is 4.95. The smallest absolute Gasteiger partial charge is 0.410 e. The number of amides is 1. The highest BCUT2D eigenvalue weighted by atomic mass is 16.6. The molecule has 0 spiro atoms. The van der Waals surface area contributed by atoms with Gasteiger partial charge in [-0.25, -0.2) is 4.79 Å². The lowest BCUT2D eigenvalue weighted by molar-refractivity contribution is 0.135. The van der Waals surface area contributed by atoms with Gasteiger partial charge in [-0.1, -0.05) is 0 Å². The molecule has 4 nitrogen and oxygen atoms in total. The highest BCUT2D eigenvalue weighted by Gasteiger charge is 2.35. The number of hydrogen-bond donors (Lipinski definition) is 1. The second kappa shape index (κ2) is 3.54. The van der Waals surface area contributed by atoms with Crippen LogP contribution in [0, 0.1) is 0 Å². The fourth-order valence-electron chi connectivity index (χ4n) is 2.12. The topological polar surface area (TPSA) is 41.6 Å². The first-order valence-corrected chi connectivity index (χ1v) is 4.95. The van der Waals surface area contributed by atoms with Gasteiger partial charge in [0, 0.05) is 6.04 Å². The van der Waals surface area contributed by atoms with Gasteiger partial charge < -0.3 is 10.1 Å². The summed E-state index contributed by atoms with van der Waals surface area (Å²) in [5.41, 5.74) is 0. The molecule has 0 aromatic heterocycles. The van der Waals surface area contributed by atoms with Crippen molar-refractivity contribution in [3.8, 4) is 0 Å². The van der Waals surface area contributed by atoms with Crippen LogP contribution in [-0.4, -0.2) is 42.8 Å². The van der Waals surface area contributed by atoms with Crippen molar-refractivity contribution < 1.29 is 9.53 Å². The Bertz CT molecular complexity index is 202. The van der Waals surface area contributed by atoms with Crippen LogP contribution >= 0.6 is 0 Å². The van der Waals surface area contributed by atoms with Crippen LogP contribution < -0.4 is 5.32 Å². The second-order valence-corrected chi connectivity index (χ2v) is 3.81. The van der Waals surface area contributed by atoms with Gasteiger partial charge >= 0.3 is 6.09 Å². The van der Waals surface area contributed by atoms with E-state index in [0.29, 0.717) is 12.6 Å². The minimum Gasteiger partial charge on any atom is -0.447 e. The molecule has 1 atom stereocenters. The number of rotatable bonds is 1. The van der Waals surface area contributed by atoms with E-state index in [4.69, 9.17) is 4.74 Å². The largest absolute Gasteiger partial charge is 0.447 e. The third-order valence-corrected chi connectivity index (χ3v) is 2.84. The van der Waals surface area contributed by atoms with Crippen molar-refractivity contribution in [2.24, 2.45) is 0 Å². The van der Waals surface area contributed by atoms with E-state index in [1.165, 1.54) is 0 Å². The molecule has 4 heteroatoms. The lowest BCUT2D eigenvalue weighted by atomic mass is 10.0. The van der Waals surface area contributed by atoms with Gasteiger partial charge in [0.05, 0.1) is 6.04 Å². The molecule has 0 saturated carbocycles. The summed E-state index contributed by atoms with van der Waals surface area (Å²) in [5.74, 6) is 0. The number of nitrogens with zero attached hydrogens (tertiary/aromatic N) is 1. The van der Waals surface area contributed by atoms with E-state index < -0.39 is 0 Å². The van der Waals surface area contributed by atoms with E-state index in [0.717, 1.165) is 25.9 Å². The van der Waals surface area contributed by atoms with Gasteiger partial charge in [-0.05, 0) is 32.9 Å². The maximum Gasteiger partial charge on any atom is 0.410 e. The van der Waals surface area contributed by atoms with E-state index in [9.17, 15) is 4.79 Å². The average Bonchev–Trinajstić information content (AvgIpc) is 2.48. The third kappa shape index (κ3) is 1.63. The summed E-state index contributed by atoms with van der Waals surface area (Å²) in [5, 5.41) is 3.29. The number of ether oxygens (including phenoxy) is 1. The molecule has 2 rings (SSSR count). The number of hydrogen-bond acceptors (Lipinski definition) is 3. The molecule has 0 aromatic carbocycles. The summed E-state index contributed by atoms with van der Waals surface area (Å²) in [6.07, 6.45) is 1.98. The van der Waals surface area contributed by atoms with Crippen molar-refractivity contribution >= 4 is 6.09 Å². The Balaban J connectivity index is 2.00. The summed E-state index contributed by atoms with van der Waals surface area (Å²) < 4.78 is 5.00. The Kier molecular flexibility index (Phi) is 2.40. The van der Waals surface area contributed by atoms with Crippen LogP contribution in [0.5, 0.6) is 0 Å². The number of cyclic esters (lactones) is 1. The first kappa shape index (κ1) is 8.81. The normalized spacial score (nSPS) is 30.7. The standard InChI is InChI=1S/C9H16N2O2/c1-7-6-13-9(12)11(7)8-2-4-10-5-3-8/h7-8,10H,2-6H2,1H3/t7-/m0/s1. The third-order valence-electron chi connectivity index (χ3n) is 2.84. The van der Waals surface area contributed by atoms with Crippen LogP contribution in [0.2, 0.25) is 0 Å². The van der Waals surface area contributed by atoms with Gasteiger partial charge in [-0.2, -0.15) is 0 Å². The minimum atomic E-state index is -0.126. The van der Waals surface area contributed by atoms with Crippen LogP contribution in [0.3, 0.4) is 0 Å². The molecule has 0 unspecified atom stereocenters. The van der Waals surface area contributed by atoms with Crippen molar-refractivity contribution in [3.63, 3.8) is 0 Å². The Morgan fingerprint density at radius 3 is 2.69 bits per heavy atom. The molecule has 74 valence electrons. The SMILES string of the molecule is C[C@H]1COC(=O)N1C1CCNCC1. The highest BCUT2D eigenvalue weighted by Crippen LogP contribution is 2.20. The van der Waals surface area contributed by atoms with Crippen molar-refractivity contribution in [1.29, 1.82) is 0 Å². The van der Waals surface area contributed by atoms with Crippen molar-refractivity contribution in [3.05, 3.63) is 0 Å². The molecule has 0 bridgehead atoms. The lowest BCUT2D eigenvalue weighted by Crippen LogP contribution is -2.46. The van der Waals surface area contributed by atoms with Crippen LogP contribution in [0.1, 0.15) is 19.8 Å². The quantitative estimate of drug-likeness (QED) is 0.648. The minimum absolute atomic E-state index is 0.126. The fraction of sp³-hybridized carbons (Fsp3) is 0.889. The van der Waals surface area contributed by atoms with Gasteiger partial charge in [0.1, 0.15) is 6.61 Å². The number of piperidine rings is 1. The summed E-state index contributed by atoms with van der Waals surface area (Å²) in [4.78, 5) is 13.3. The maximum atomic E-state index is 11.4. The van der Waals surface area contributed by atoms with Crippen molar-refractivity contribution in [2.45, 2.75) is 31.8 Å². The molecular formula is C9H16N2O2. The molecule has 2 aliphatic rings. The number of nitrogens with one attached hydrogen (secondary N) is 1. The van der Waals surface area contributed by atoms with E-state index in [1.54, 1.807) is 0 Å². The van der Waals surface area contributed by atoms with Crippen molar-refractivity contribution in [1.82, 2.24) is 10.2 Å². The first-order chi connectivity index (χ1) is 6.29. The number of carbonyl (C=O) groups is 1. The number of carbonyl (C=O) groups excluding carboxylic acids is 1. The molecule has 2 fully saturated rings. The average molecular weight is 184 g/mol. The van der Waals surface area contributed by atoms with E-state index >= 15 is 0 Å². The van der Waals surface area contributed by atoms with Crippen LogP contribution in [0.25, 0.3) is 0 Å². The van der Waals surface area contributed by atoms with Crippen LogP contribution in [0.15, 0.2) is 0 Å². The molecule has 2 heterocycles. The molecule has 13 heavy (non-hydrogen) atoms. The summed E-state index contributed by atoms with van der Waals surface area (Å²) >= 11 is 0. The molecule has 1 N–H and O–H groups in total. The predicted molar refractivity (Wildman–Crippen MR) is 48.5 cm³/mol. The van der Waals surface area contributed by atoms with Gasteiger partial charge in [0.15, 0.2) is 0 Å². The fourth-order valence-corrected chi connectivity index (χ4v) is 2.12. The van der Waals surface area contributed by atoms with E-state index in [2.05, 4.69) is 5.32 Å². The molecule has 1 amide bonds. The molecular weight excluding hydrogens is 168 g/mol. The van der Waals surface area contributed by atoms with Gasteiger partial charge in [0.2, 0.25) is 0 Å². The van der Waals surface area contributed by atoms with Gasteiger partial charge in [0.25, 0.3) is 0 Å². The Labute approximate surface area is 78.2 Å². The highest BCUT2D eigenvalue weighted by molar-refractivity contribution is 5.70. The summed E-state index contributed by atoms with van der Waals surface area (Å²) in [6, 6.07) is 0.654. The summed E-state index contributed by atoms with van der Waals surface area (Å²) in [6.45, 7) is 4.64. The lowest BCUT2D eigenvalue weighted by Gasteiger charge is -2.32. The van der Waals surface area contributed by atoms with E-state index in [-0.39, 0.29) is 12.1 Å². The predicted octanol–water partition coefficient (Wildman–Crippen LogP) is 0.579. The Morgan fingerprint density at radius 2 is 2.15 bits per heavy atom. The molecule has 2 aliphatic heterocycles.